The maximum atomic E-state index is 13.9. The lowest BCUT2D eigenvalue weighted by Gasteiger charge is -2.29. The van der Waals surface area contributed by atoms with Gasteiger partial charge in [0, 0.05) is 18.7 Å². The molecule has 5 nitrogen and oxygen atoms in total. The van der Waals surface area contributed by atoms with Gasteiger partial charge in [0.15, 0.2) is 9.84 Å². The van der Waals surface area contributed by atoms with Crippen molar-refractivity contribution < 1.29 is 22.3 Å². The van der Waals surface area contributed by atoms with Gasteiger partial charge in [-0.15, -0.1) is 0 Å². The topological polar surface area (TPSA) is 64.6 Å². The number of sulfone groups is 1. The number of benzene rings is 1. The molecule has 0 aromatic heterocycles. The lowest BCUT2D eigenvalue weighted by molar-refractivity contribution is -0.116. The third-order valence-corrected chi connectivity index (χ3v) is 4.42. The Labute approximate surface area is 124 Å². The van der Waals surface area contributed by atoms with Crippen molar-refractivity contribution in [2.75, 3.05) is 12.8 Å². The average molecular weight is 317 g/mol. The number of hydrogen-bond donors (Lipinski definition) is 1. The van der Waals surface area contributed by atoms with Gasteiger partial charge in [0.1, 0.15) is 11.6 Å². The molecule has 0 saturated heterocycles. The zero-order chi connectivity index (χ0) is 15.6. The van der Waals surface area contributed by atoms with Gasteiger partial charge in [0.2, 0.25) is 6.29 Å². The van der Waals surface area contributed by atoms with E-state index in [9.17, 15) is 12.8 Å². The van der Waals surface area contributed by atoms with E-state index in [-0.39, 0.29) is 28.9 Å². The number of nitrogens with one attached hydrogen (secondary N) is 1. The van der Waals surface area contributed by atoms with Crippen LogP contribution in [0.2, 0.25) is 0 Å². The second-order valence-electron chi connectivity index (χ2n) is 5.21. The van der Waals surface area contributed by atoms with Crippen LogP contribution in [-0.4, -0.2) is 33.6 Å². The molecule has 118 valence electrons. The molecule has 1 N–H and O–H groups in total. The lowest BCUT2D eigenvalue weighted by atomic mass is 10.1. The number of hydrogen-bond acceptors (Lipinski definition) is 5. The molecule has 1 aliphatic heterocycles. The van der Waals surface area contributed by atoms with Gasteiger partial charge in [-0.3, -0.25) is 0 Å². The SMILES string of the molecule is CCNC(C)CC1OCc2c(F)cc(S(C)(=O)=O)cc2O1. The quantitative estimate of drug-likeness (QED) is 0.898. The minimum Gasteiger partial charge on any atom is -0.464 e. The Balaban J connectivity index is 2.21. The van der Waals surface area contributed by atoms with Gasteiger partial charge in [0.05, 0.1) is 17.1 Å². The van der Waals surface area contributed by atoms with Crippen molar-refractivity contribution in [2.45, 2.75) is 44.1 Å². The summed E-state index contributed by atoms with van der Waals surface area (Å²) in [5.41, 5.74) is 0.259. The van der Waals surface area contributed by atoms with Gasteiger partial charge in [-0.05, 0) is 25.6 Å². The second kappa shape index (κ2) is 6.29. The van der Waals surface area contributed by atoms with Crippen molar-refractivity contribution in [1.29, 1.82) is 0 Å². The molecular weight excluding hydrogens is 297 g/mol. The van der Waals surface area contributed by atoms with Crippen LogP contribution >= 0.6 is 0 Å². The molecule has 0 spiro atoms. The summed E-state index contributed by atoms with van der Waals surface area (Å²) < 4.78 is 48.1. The first-order valence-corrected chi connectivity index (χ1v) is 8.74. The predicted octanol–water partition coefficient (Wildman–Crippen LogP) is 1.85. The first-order chi connectivity index (χ1) is 9.81. The Morgan fingerprint density at radius 1 is 1.48 bits per heavy atom. The molecule has 0 bridgehead atoms. The van der Waals surface area contributed by atoms with Crippen molar-refractivity contribution in [3.8, 4) is 5.75 Å². The van der Waals surface area contributed by atoms with E-state index < -0.39 is 21.9 Å². The maximum absolute atomic E-state index is 13.9. The van der Waals surface area contributed by atoms with E-state index in [1.807, 2.05) is 13.8 Å². The van der Waals surface area contributed by atoms with Crippen molar-refractivity contribution in [2.24, 2.45) is 0 Å². The number of rotatable bonds is 5. The lowest BCUT2D eigenvalue weighted by Crippen LogP contribution is -2.35. The second-order valence-corrected chi connectivity index (χ2v) is 7.22. The predicted molar refractivity (Wildman–Crippen MR) is 76.5 cm³/mol. The van der Waals surface area contributed by atoms with Crippen molar-refractivity contribution in [3.05, 3.63) is 23.5 Å². The third kappa shape index (κ3) is 3.93. The van der Waals surface area contributed by atoms with Gasteiger partial charge >= 0.3 is 0 Å². The number of halogens is 1. The standard InChI is InChI=1S/C14H20FNO4S/c1-4-16-9(2)5-14-19-8-11-12(15)6-10(21(3,17)18)7-13(11)20-14/h6-7,9,14,16H,4-5,8H2,1-3H3. The van der Waals surface area contributed by atoms with Crippen LogP contribution in [0, 0.1) is 5.82 Å². The molecule has 0 amide bonds. The Morgan fingerprint density at radius 3 is 2.81 bits per heavy atom. The molecular formula is C14H20FNO4S. The molecule has 1 aromatic carbocycles. The minimum atomic E-state index is -3.48. The van der Waals surface area contributed by atoms with Crippen LogP contribution in [0.1, 0.15) is 25.8 Å². The van der Waals surface area contributed by atoms with Crippen LogP contribution in [0.25, 0.3) is 0 Å². The van der Waals surface area contributed by atoms with Crippen LogP contribution in [-0.2, 0) is 21.2 Å². The molecule has 2 unspecified atom stereocenters. The molecule has 0 fully saturated rings. The Bertz CT molecular complexity index is 618. The third-order valence-electron chi connectivity index (χ3n) is 3.33. The number of ether oxygens (including phenoxy) is 2. The van der Waals surface area contributed by atoms with E-state index in [1.54, 1.807) is 0 Å². The smallest absolute Gasteiger partial charge is 0.201 e. The van der Waals surface area contributed by atoms with E-state index in [0.29, 0.717) is 6.42 Å². The van der Waals surface area contributed by atoms with Gasteiger partial charge in [-0.1, -0.05) is 6.92 Å². The number of fused-ring (bicyclic) bond motifs is 1. The monoisotopic (exact) mass is 317 g/mol. The summed E-state index contributed by atoms with van der Waals surface area (Å²) in [5.74, 6) is -0.374. The molecule has 1 aromatic rings. The van der Waals surface area contributed by atoms with Crippen LogP contribution in [0.5, 0.6) is 5.75 Å². The van der Waals surface area contributed by atoms with Crippen molar-refractivity contribution in [3.63, 3.8) is 0 Å². The highest BCUT2D eigenvalue weighted by atomic mass is 32.2. The van der Waals surface area contributed by atoms with E-state index in [0.717, 1.165) is 18.9 Å². The largest absolute Gasteiger partial charge is 0.464 e. The summed E-state index contributed by atoms with van der Waals surface area (Å²) in [7, 11) is -3.48. The van der Waals surface area contributed by atoms with Gasteiger partial charge in [0.25, 0.3) is 0 Å². The van der Waals surface area contributed by atoms with Crippen LogP contribution in [0.15, 0.2) is 17.0 Å². The molecule has 7 heteroatoms. The van der Waals surface area contributed by atoms with Gasteiger partial charge in [-0.2, -0.15) is 0 Å². The summed E-state index contributed by atoms with van der Waals surface area (Å²) >= 11 is 0. The van der Waals surface area contributed by atoms with Crippen LogP contribution < -0.4 is 10.1 Å². The fraction of sp³-hybridized carbons (Fsp3) is 0.571. The maximum Gasteiger partial charge on any atom is 0.201 e. The molecule has 2 rings (SSSR count). The van der Waals surface area contributed by atoms with Crippen LogP contribution in [0.4, 0.5) is 4.39 Å². The van der Waals surface area contributed by atoms with Crippen molar-refractivity contribution >= 4 is 9.84 Å². The highest BCUT2D eigenvalue weighted by molar-refractivity contribution is 7.90. The fourth-order valence-electron chi connectivity index (χ4n) is 2.24. The normalized spacial score (nSPS) is 19.7. The summed E-state index contributed by atoms with van der Waals surface area (Å²) in [6.45, 7) is 4.91. The van der Waals surface area contributed by atoms with E-state index in [2.05, 4.69) is 5.32 Å². The summed E-state index contributed by atoms with van der Waals surface area (Å²) in [6, 6.07) is 2.55. The minimum absolute atomic E-state index is 0.0781. The molecule has 0 aliphatic carbocycles. The summed E-state index contributed by atoms with van der Waals surface area (Å²) in [5, 5.41) is 3.23. The van der Waals surface area contributed by atoms with E-state index >= 15 is 0 Å². The Kier molecular flexibility index (Phi) is 4.85. The van der Waals surface area contributed by atoms with E-state index in [1.165, 1.54) is 6.07 Å². The molecule has 0 saturated carbocycles. The molecule has 1 heterocycles. The molecule has 21 heavy (non-hydrogen) atoms. The molecule has 1 aliphatic rings. The average Bonchev–Trinajstić information content (AvgIpc) is 2.37. The highest BCUT2D eigenvalue weighted by Crippen LogP contribution is 2.32. The Hall–Kier alpha value is -1.18. The van der Waals surface area contributed by atoms with Gasteiger partial charge < -0.3 is 14.8 Å². The highest BCUT2D eigenvalue weighted by Gasteiger charge is 2.26. The zero-order valence-corrected chi connectivity index (χ0v) is 13.2. The molecule has 0 radical (unpaired) electrons. The fourth-order valence-corrected chi connectivity index (χ4v) is 2.87. The summed E-state index contributed by atoms with van der Waals surface area (Å²) in [6.07, 6.45) is 1.12. The first kappa shape index (κ1) is 16.2. The van der Waals surface area contributed by atoms with Crippen LogP contribution in [0.3, 0.4) is 0 Å². The molecule has 2 atom stereocenters. The zero-order valence-electron chi connectivity index (χ0n) is 12.3. The van der Waals surface area contributed by atoms with Crippen molar-refractivity contribution in [1.82, 2.24) is 5.32 Å². The Morgan fingerprint density at radius 2 is 2.19 bits per heavy atom. The van der Waals surface area contributed by atoms with E-state index in [4.69, 9.17) is 9.47 Å². The first-order valence-electron chi connectivity index (χ1n) is 6.85. The summed E-state index contributed by atoms with van der Waals surface area (Å²) in [4.78, 5) is -0.0841. The van der Waals surface area contributed by atoms with Gasteiger partial charge in [-0.25, -0.2) is 12.8 Å².